The third-order valence-corrected chi connectivity index (χ3v) is 4.10. The van der Waals surface area contributed by atoms with E-state index in [0.717, 1.165) is 12.0 Å². The molecule has 2 aliphatic rings. The van der Waals surface area contributed by atoms with Crippen LogP contribution in [-0.2, 0) is 4.84 Å². The van der Waals surface area contributed by atoms with E-state index in [4.69, 9.17) is 9.94 Å². The highest BCUT2D eigenvalue weighted by Crippen LogP contribution is 2.28. The monoisotopic (exact) mass is 302 g/mol. The molecule has 5 nitrogen and oxygen atoms in total. The first kappa shape index (κ1) is 13.9. The maximum Gasteiger partial charge on any atom is 0.335 e. The average Bonchev–Trinajstić information content (AvgIpc) is 2.97. The van der Waals surface area contributed by atoms with Crippen LogP contribution in [0.15, 0.2) is 51.7 Å². The van der Waals surface area contributed by atoms with Gasteiger partial charge in [0.05, 0.1) is 12.0 Å². The first-order valence-corrected chi connectivity index (χ1v) is 7.43. The van der Waals surface area contributed by atoms with Crippen LogP contribution < -0.4 is 5.48 Å². The number of aromatic carboxylic acids is 1. The summed E-state index contributed by atoms with van der Waals surface area (Å²) in [7, 11) is 0. The molecule has 0 aromatic heterocycles. The molecule has 0 bridgehead atoms. The Hall–Kier alpha value is -2.05. The van der Waals surface area contributed by atoms with Gasteiger partial charge in [-0.1, -0.05) is 24.3 Å². The molecule has 0 amide bonds. The number of allylic oxidation sites excluding steroid dienone is 2. The van der Waals surface area contributed by atoms with E-state index < -0.39 is 5.97 Å². The molecule has 0 spiro atoms. The van der Waals surface area contributed by atoms with Crippen LogP contribution >= 0.6 is 11.8 Å². The van der Waals surface area contributed by atoms with Crippen LogP contribution in [-0.4, -0.2) is 17.0 Å². The van der Waals surface area contributed by atoms with Crippen molar-refractivity contribution < 1.29 is 14.7 Å². The van der Waals surface area contributed by atoms with Gasteiger partial charge < -0.3 is 9.94 Å². The van der Waals surface area contributed by atoms with Gasteiger partial charge in [-0.3, -0.25) is 0 Å². The van der Waals surface area contributed by atoms with Crippen molar-refractivity contribution in [2.75, 3.05) is 0 Å². The summed E-state index contributed by atoms with van der Waals surface area (Å²) in [5, 5.41) is 11.0. The Bertz CT molecular complexity index is 635. The van der Waals surface area contributed by atoms with Gasteiger partial charge in [-0.05, 0) is 34.4 Å². The number of nitrogens with zero attached hydrogens (tertiary/aromatic N) is 1. The van der Waals surface area contributed by atoms with Gasteiger partial charge in [0, 0.05) is 0 Å². The third kappa shape index (κ3) is 3.34. The lowest BCUT2D eigenvalue weighted by molar-refractivity contribution is 0.0697. The van der Waals surface area contributed by atoms with Crippen LogP contribution in [0.5, 0.6) is 0 Å². The molecule has 0 fully saturated rings. The van der Waals surface area contributed by atoms with E-state index in [-0.39, 0.29) is 11.7 Å². The minimum Gasteiger partial charge on any atom is -0.478 e. The van der Waals surface area contributed by atoms with Crippen LogP contribution in [0, 0.1) is 0 Å². The van der Waals surface area contributed by atoms with Crippen LogP contribution in [0.4, 0.5) is 0 Å². The van der Waals surface area contributed by atoms with Crippen molar-refractivity contribution in [2.24, 2.45) is 4.99 Å². The molecule has 2 N–H and O–H groups in total. The minimum atomic E-state index is -0.935. The quantitative estimate of drug-likeness (QED) is 0.893. The number of nitrogens with one attached hydrogen (secondary N) is 1. The summed E-state index contributed by atoms with van der Waals surface area (Å²) in [6, 6.07) is 6.62. The van der Waals surface area contributed by atoms with Gasteiger partial charge in [0.25, 0.3) is 0 Å². The Morgan fingerprint density at radius 3 is 2.90 bits per heavy atom. The predicted octanol–water partition coefficient (Wildman–Crippen LogP) is 3.24. The van der Waals surface area contributed by atoms with Crippen molar-refractivity contribution in [1.29, 1.82) is 0 Å². The summed E-state index contributed by atoms with van der Waals surface area (Å²) in [4.78, 5) is 21.9. The average molecular weight is 302 g/mol. The molecular weight excluding hydrogens is 288 g/mol. The number of hydroxylamine groups is 1. The number of carboxylic acids is 1. The van der Waals surface area contributed by atoms with E-state index in [2.05, 4.69) is 28.0 Å². The molecule has 108 valence electrons. The van der Waals surface area contributed by atoms with E-state index in [1.54, 1.807) is 36.0 Å². The molecule has 3 rings (SSSR count). The lowest BCUT2D eigenvalue weighted by Gasteiger charge is -2.07. The highest BCUT2D eigenvalue weighted by Gasteiger charge is 2.21. The Labute approximate surface area is 126 Å². The number of aliphatic imine (C=N–C) groups is 1. The van der Waals surface area contributed by atoms with Crippen LogP contribution in [0.25, 0.3) is 0 Å². The summed E-state index contributed by atoms with van der Waals surface area (Å²) < 4.78 is 0. The molecule has 1 atom stereocenters. The maximum atomic E-state index is 10.8. The number of hydrogen-bond donors (Lipinski definition) is 2. The van der Waals surface area contributed by atoms with E-state index >= 15 is 0 Å². The van der Waals surface area contributed by atoms with Gasteiger partial charge >= 0.3 is 5.97 Å². The second kappa shape index (κ2) is 6.15. The van der Waals surface area contributed by atoms with Crippen molar-refractivity contribution in [3.8, 4) is 0 Å². The van der Waals surface area contributed by atoms with Crippen molar-refractivity contribution >= 4 is 23.6 Å². The normalized spacial score (nSPS) is 20.7. The minimum absolute atomic E-state index is 0.261. The zero-order valence-corrected chi connectivity index (χ0v) is 12.0. The SMILES string of the molecule is O=C(O)c1ccc(C2N=C(CC3=CCC=CS3)ON2)cc1. The zero-order chi connectivity index (χ0) is 14.7. The second-order valence-corrected chi connectivity index (χ2v) is 5.68. The second-order valence-electron chi connectivity index (χ2n) is 4.65. The Balaban J connectivity index is 1.67. The molecule has 1 unspecified atom stereocenters. The molecule has 0 radical (unpaired) electrons. The third-order valence-electron chi connectivity index (χ3n) is 3.16. The standard InChI is InChI=1S/C15H14N2O3S/c18-15(19)11-6-4-10(5-7-11)14-16-13(20-17-14)9-12-3-1-2-8-21-12/h2-8,14,17H,1,9H2,(H,18,19). The Morgan fingerprint density at radius 2 is 2.24 bits per heavy atom. The van der Waals surface area contributed by atoms with Crippen molar-refractivity contribution in [2.45, 2.75) is 19.0 Å². The summed E-state index contributed by atoms with van der Waals surface area (Å²) in [6.07, 6.45) is 5.60. The van der Waals surface area contributed by atoms with E-state index in [1.807, 2.05) is 0 Å². The van der Waals surface area contributed by atoms with E-state index in [1.165, 1.54) is 4.91 Å². The molecule has 6 heteroatoms. The molecule has 0 saturated carbocycles. The number of thioether (sulfide) groups is 1. The van der Waals surface area contributed by atoms with Gasteiger partial charge in [-0.25, -0.2) is 9.79 Å². The van der Waals surface area contributed by atoms with Crippen LogP contribution in [0.2, 0.25) is 0 Å². The summed E-state index contributed by atoms with van der Waals surface area (Å²) in [6.45, 7) is 0. The molecular formula is C15H14N2O3S. The van der Waals surface area contributed by atoms with E-state index in [0.29, 0.717) is 12.3 Å². The molecule has 1 aromatic carbocycles. The molecule has 0 aliphatic carbocycles. The Morgan fingerprint density at radius 1 is 1.43 bits per heavy atom. The van der Waals surface area contributed by atoms with Gasteiger partial charge in [-0.15, -0.1) is 17.2 Å². The van der Waals surface area contributed by atoms with E-state index in [9.17, 15) is 4.79 Å². The van der Waals surface area contributed by atoms with Gasteiger partial charge in [0.1, 0.15) is 0 Å². The first-order chi connectivity index (χ1) is 10.2. The number of hydrogen-bond acceptors (Lipinski definition) is 5. The van der Waals surface area contributed by atoms with Crippen molar-refractivity contribution in [1.82, 2.24) is 5.48 Å². The summed E-state index contributed by atoms with van der Waals surface area (Å²) in [5.41, 5.74) is 3.99. The number of benzene rings is 1. The molecule has 2 aliphatic heterocycles. The number of carbonyl (C=O) groups is 1. The lowest BCUT2D eigenvalue weighted by atomic mass is 10.1. The molecule has 21 heavy (non-hydrogen) atoms. The predicted molar refractivity (Wildman–Crippen MR) is 81.8 cm³/mol. The zero-order valence-electron chi connectivity index (χ0n) is 11.2. The number of rotatable bonds is 4. The number of carboxylic acid groups (broad SMARTS) is 1. The van der Waals surface area contributed by atoms with Gasteiger partial charge in [-0.2, -0.15) is 0 Å². The Kier molecular flexibility index (Phi) is 4.08. The smallest absolute Gasteiger partial charge is 0.335 e. The fourth-order valence-electron chi connectivity index (χ4n) is 2.05. The molecule has 2 heterocycles. The summed E-state index contributed by atoms with van der Waals surface area (Å²) in [5.74, 6) is -0.285. The fourth-order valence-corrected chi connectivity index (χ4v) is 2.84. The highest BCUT2D eigenvalue weighted by atomic mass is 32.2. The van der Waals surface area contributed by atoms with Gasteiger partial charge in [0.15, 0.2) is 6.17 Å². The van der Waals surface area contributed by atoms with Crippen LogP contribution in [0.1, 0.15) is 34.9 Å². The highest BCUT2D eigenvalue weighted by molar-refractivity contribution is 8.05. The van der Waals surface area contributed by atoms with Crippen molar-refractivity contribution in [3.05, 3.63) is 57.9 Å². The van der Waals surface area contributed by atoms with Crippen molar-refractivity contribution in [3.63, 3.8) is 0 Å². The van der Waals surface area contributed by atoms with Gasteiger partial charge in [0.2, 0.25) is 5.90 Å². The largest absolute Gasteiger partial charge is 0.478 e. The topological polar surface area (TPSA) is 70.9 Å². The van der Waals surface area contributed by atoms with Crippen LogP contribution in [0.3, 0.4) is 0 Å². The molecule has 0 saturated heterocycles. The maximum absolute atomic E-state index is 10.8. The fraction of sp³-hybridized carbons (Fsp3) is 0.200. The summed E-state index contributed by atoms with van der Waals surface area (Å²) >= 11 is 1.68. The lowest BCUT2D eigenvalue weighted by Crippen LogP contribution is -2.14. The molecule has 1 aromatic rings. The first-order valence-electron chi connectivity index (χ1n) is 6.55.